The van der Waals surface area contributed by atoms with Crippen LogP contribution in [0.25, 0.3) is 0 Å². The Morgan fingerprint density at radius 1 is 1.24 bits per heavy atom. The molecule has 0 saturated heterocycles. The molecule has 2 aromatic rings. The van der Waals surface area contributed by atoms with Gasteiger partial charge in [-0.05, 0) is 32.9 Å². The van der Waals surface area contributed by atoms with Gasteiger partial charge in [0.2, 0.25) is 0 Å². The first kappa shape index (κ1) is 12.3. The number of hydrogen-bond acceptors (Lipinski definition) is 3. The van der Waals surface area contributed by atoms with Gasteiger partial charge in [-0.25, -0.2) is 0 Å². The van der Waals surface area contributed by atoms with Gasteiger partial charge in [-0.1, -0.05) is 29.3 Å². The topological polar surface area (TPSA) is 24.9 Å². The second-order valence-corrected chi connectivity index (χ2v) is 5.36. The average molecular weight is 246 g/mol. The summed E-state index contributed by atoms with van der Waals surface area (Å²) in [5.41, 5.74) is 5.94. The summed E-state index contributed by atoms with van der Waals surface area (Å²) >= 11 is 1.71. The molecule has 0 aliphatic carbocycles. The van der Waals surface area contributed by atoms with Crippen LogP contribution in [-0.4, -0.2) is 12.0 Å². The minimum Gasteiger partial charge on any atom is -0.312 e. The van der Waals surface area contributed by atoms with Gasteiger partial charge in [-0.2, -0.15) is 0 Å². The van der Waals surface area contributed by atoms with Crippen molar-refractivity contribution in [3.8, 4) is 0 Å². The van der Waals surface area contributed by atoms with E-state index in [1.54, 1.807) is 11.3 Å². The van der Waals surface area contributed by atoms with Crippen molar-refractivity contribution in [2.75, 3.05) is 7.05 Å². The van der Waals surface area contributed by atoms with Crippen LogP contribution in [0.4, 0.5) is 0 Å². The van der Waals surface area contributed by atoms with E-state index >= 15 is 0 Å². The number of nitrogens with one attached hydrogen (secondary N) is 1. The third-order valence-corrected chi connectivity index (χ3v) is 3.75. The van der Waals surface area contributed by atoms with E-state index in [2.05, 4.69) is 42.3 Å². The molecule has 0 radical (unpaired) electrons. The number of thiazole rings is 1. The zero-order valence-electron chi connectivity index (χ0n) is 10.5. The van der Waals surface area contributed by atoms with E-state index in [0.717, 1.165) is 6.42 Å². The molecule has 3 heteroatoms. The zero-order chi connectivity index (χ0) is 12.3. The minimum absolute atomic E-state index is 0.365. The van der Waals surface area contributed by atoms with Crippen LogP contribution >= 0.6 is 11.3 Å². The van der Waals surface area contributed by atoms with Gasteiger partial charge in [0, 0.05) is 17.1 Å². The molecule has 1 atom stereocenters. The SMILES string of the molecule is CNC(Cc1cc(C)cc(C)c1)c1cncs1. The zero-order valence-corrected chi connectivity index (χ0v) is 11.3. The molecule has 0 aliphatic heterocycles. The van der Waals surface area contributed by atoms with E-state index in [1.165, 1.54) is 21.6 Å². The van der Waals surface area contributed by atoms with Crippen LogP contribution in [0.2, 0.25) is 0 Å². The summed E-state index contributed by atoms with van der Waals surface area (Å²) in [6.45, 7) is 4.30. The van der Waals surface area contributed by atoms with Gasteiger partial charge in [0.25, 0.3) is 0 Å². The third-order valence-electron chi connectivity index (χ3n) is 2.86. The van der Waals surface area contributed by atoms with Crippen LogP contribution in [-0.2, 0) is 6.42 Å². The van der Waals surface area contributed by atoms with Crippen LogP contribution in [0.3, 0.4) is 0 Å². The van der Waals surface area contributed by atoms with Crippen molar-refractivity contribution >= 4 is 11.3 Å². The molecule has 17 heavy (non-hydrogen) atoms. The molecular weight excluding hydrogens is 228 g/mol. The highest BCUT2D eigenvalue weighted by Gasteiger charge is 2.11. The van der Waals surface area contributed by atoms with E-state index < -0.39 is 0 Å². The molecular formula is C14H18N2S. The van der Waals surface area contributed by atoms with Gasteiger partial charge in [-0.3, -0.25) is 4.98 Å². The maximum absolute atomic E-state index is 4.15. The molecule has 2 rings (SSSR count). The van der Waals surface area contributed by atoms with Crippen molar-refractivity contribution in [1.82, 2.24) is 10.3 Å². The van der Waals surface area contributed by atoms with Crippen LogP contribution in [0.5, 0.6) is 0 Å². The number of hydrogen-bond donors (Lipinski definition) is 1. The lowest BCUT2D eigenvalue weighted by molar-refractivity contribution is 0.600. The third kappa shape index (κ3) is 3.14. The van der Waals surface area contributed by atoms with Gasteiger partial charge < -0.3 is 5.32 Å². The predicted octanol–water partition coefficient (Wildman–Crippen LogP) is 3.26. The first-order valence-electron chi connectivity index (χ1n) is 5.82. The van der Waals surface area contributed by atoms with Crippen LogP contribution in [0.15, 0.2) is 29.9 Å². The summed E-state index contributed by atoms with van der Waals surface area (Å²) in [5, 5.41) is 3.36. The maximum atomic E-state index is 4.15. The highest BCUT2D eigenvalue weighted by atomic mass is 32.1. The molecule has 1 unspecified atom stereocenters. The molecule has 1 aromatic heterocycles. The van der Waals surface area contributed by atoms with Crippen LogP contribution < -0.4 is 5.32 Å². The molecule has 1 aromatic carbocycles. The van der Waals surface area contributed by atoms with Crippen molar-refractivity contribution in [3.63, 3.8) is 0 Å². The monoisotopic (exact) mass is 246 g/mol. The van der Waals surface area contributed by atoms with E-state index in [0.29, 0.717) is 6.04 Å². The molecule has 0 fully saturated rings. The Kier molecular flexibility index (Phi) is 3.92. The predicted molar refractivity (Wildman–Crippen MR) is 73.5 cm³/mol. The van der Waals surface area contributed by atoms with Crippen molar-refractivity contribution in [1.29, 1.82) is 0 Å². The lowest BCUT2D eigenvalue weighted by Crippen LogP contribution is -2.17. The van der Waals surface area contributed by atoms with Gasteiger partial charge in [0.1, 0.15) is 0 Å². The Balaban J connectivity index is 2.18. The number of aryl methyl sites for hydroxylation is 2. The fraction of sp³-hybridized carbons (Fsp3) is 0.357. The Labute approximate surface area is 107 Å². The highest BCUT2D eigenvalue weighted by molar-refractivity contribution is 7.09. The first-order chi connectivity index (χ1) is 8.19. The quantitative estimate of drug-likeness (QED) is 0.895. The number of rotatable bonds is 4. The number of likely N-dealkylation sites (N-methyl/N-ethyl adjacent to an activating group) is 1. The average Bonchev–Trinajstić information content (AvgIpc) is 2.77. The molecule has 1 N–H and O–H groups in total. The van der Waals surface area contributed by atoms with Gasteiger partial charge in [0.15, 0.2) is 0 Å². The fourth-order valence-electron chi connectivity index (χ4n) is 2.17. The summed E-state index contributed by atoms with van der Waals surface area (Å²) in [4.78, 5) is 5.44. The lowest BCUT2D eigenvalue weighted by Gasteiger charge is -2.15. The Hall–Kier alpha value is -1.19. The van der Waals surface area contributed by atoms with Gasteiger partial charge in [0.05, 0.1) is 5.51 Å². The van der Waals surface area contributed by atoms with E-state index in [4.69, 9.17) is 0 Å². The second kappa shape index (κ2) is 5.43. The molecule has 0 spiro atoms. The summed E-state index contributed by atoms with van der Waals surface area (Å²) in [6, 6.07) is 7.10. The molecule has 0 bridgehead atoms. The minimum atomic E-state index is 0.365. The summed E-state index contributed by atoms with van der Waals surface area (Å²) in [7, 11) is 2.01. The van der Waals surface area contributed by atoms with Gasteiger partial charge >= 0.3 is 0 Å². The summed E-state index contributed by atoms with van der Waals surface area (Å²) < 4.78 is 0. The Bertz CT molecular complexity index is 457. The van der Waals surface area contributed by atoms with E-state index in [-0.39, 0.29) is 0 Å². The van der Waals surface area contributed by atoms with Crippen LogP contribution in [0, 0.1) is 13.8 Å². The fourth-order valence-corrected chi connectivity index (χ4v) is 2.90. The number of aromatic nitrogens is 1. The standard InChI is InChI=1S/C14H18N2S/c1-10-4-11(2)6-12(5-10)7-13(15-3)14-8-16-9-17-14/h4-6,8-9,13,15H,7H2,1-3H3. The van der Waals surface area contributed by atoms with Gasteiger partial charge in [-0.15, -0.1) is 11.3 Å². The molecule has 1 heterocycles. The summed E-state index contributed by atoms with van der Waals surface area (Å²) in [5.74, 6) is 0. The van der Waals surface area contributed by atoms with Crippen LogP contribution in [0.1, 0.15) is 27.6 Å². The molecule has 0 aliphatic rings. The molecule has 0 amide bonds. The largest absolute Gasteiger partial charge is 0.312 e. The molecule has 0 saturated carbocycles. The normalized spacial score (nSPS) is 12.6. The second-order valence-electron chi connectivity index (χ2n) is 4.45. The Morgan fingerprint density at radius 3 is 2.47 bits per heavy atom. The molecule has 2 nitrogen and oxygen atoms in total. The maximum Gasteiger partial charge on any atom is 0.0794 e. The molecule has 90 valence electrons. The number of nitrogens with zero attached hydrogens (tertiary/aromatic N) is 1. The van der Waals surface area contributed by atoms with E-state index in [1.807, 2.05) is 18.8 Å². The smallest absolute Gasteiger partial charge is 0.0794 e. The van der Waals surface area contributed by atoms with Crippen molar-refractivity contribution < 1.29 is 0 Å². The van der Waals surface area contributed by atoms with E-state index in [9.17, 15) is 0 Å². The lowest BCUT2D eigenvalue weighted by atomic mass is 10.0. The number of benzene rings is 1. The first-order valence-corrected chi connectivity index (χ1v) is 6.70. The van der Waals surface area contributed by atoms with Crippen molar-refractivity contribution in [2.45, 2.75) is 26.3 Å². The highest BCUT2D eigenvalue weighted by Crippen LogP contribution is 2.22. The van der Waals surface area contributed by atoms with Crippen molar-refractivity contribution in [2.24, 2.45) is 0 Å². The van der Waals surface area contributed by atoms with Crippen molar-refractivity contribution in [3.05, 3.63) is 51.5 Å². The Morgan fingerprint density at radius 2 is 1.94 bits per heavy atom. The summed E-state index contributed by atoms with van der Waals surface area (Å²) in [6.07, 6.45) is 2.97.